The molecule has 1 spiro atoms. The first-order valence-corrected chi connectivity index (χ1v) is 8.64. The first-order chi connectivity index (χ1) is 12.0. The van der Waals surface area contributed by atoms with Gasteiger partial charge in [-0.05, 0) is 37.8 Å². The van der Waals surface area contributed by atoms with E-state index in [1.807, 2.05) is 12.1 Å². The lowest BCUT2D eigenvalue weighted by Crippen LogP contribution is -2.42. The zero-order valence-corrected chi connectivity index (χ0v) is 14.8. The van der Waals surface area contributed by atoms with Crippen molar-refractivity contribution in [3.05, 3.63) is 30.2 Å². The minimum Gasteiger partial charge on any atom is -0.497 e. The van der Waals surface area contributed by atoms with Crippen molar-refractivity contribution in [2.24, 2.45) is 11.1 Å². The van der Waals surface area contributed by atoms with Crippen molar-refractivity contribution < 1.29 is 19.1 Å². The molecular weight excluding hydrogens is 320 g/mol. The Morgan fingerprint density at radius 1 is 1.36 bits per heavy atom. The van der Waals surface area contributed by atoms with Crippen molar-refractivity contribution in [3.8, 4) is 11.5 Å². The van der Waals surface area contributed by atoms with Crippen LogP contribution >= 0.6 is 0 Å². The highest BCUT2D eigenvalue weighted by atomic mass is 16.5. The van der Waals surface area contributed by atoms with Gasteiger partial charge in [0.1, 0.15) is 17.5 Å². The Morgan fingerprint density at radius 3 is 2.76 bits per heavy atom. The highest BCUT2D eigenvalue weighted by Crippen LogP contribution is 2.47. The molecule has 2 N–H and O–H groups in total. The van der Waals surface area contributed by atoms with Crippen molar-refractivity contribution in [1.82, 2.24) is 4.90 Å². The lowest BCUT2D eigenvalue weighted by Gasteiger charge is -2.31. The molecule has 3 rings (SSSR count). The van der Waals surface area contributed by atoms with Gasteiger partial charge in [0.2, 0.25) is 11.8 Å². The van der Waals surface area contributed by atoms with Gasteiger partial charge in [-0.15, -0.1) is 0 Å². The van der Waals surface area contributed by atoms with E-state index in [-0.39, 0.29) is 5.91 Å². The van der Waals surface area contributed by atoms with Crippen LogP contribution in [0.25, 0.3) is 0 Å². The van der Waals surface area contributed by atoms with Crippen molar-refractivity contribution in [2.45, 2.75) is 44.7 Å². The molecule has 0 bridgehead atoms. The highest BCUT2D eigenvalue weighted by Gasteiger charge is 2.53. The average molecular weight is 345 g/mol. The van der Waals surface area contributed by atoms with E-state index in [0.717, 1.165) is 31.2 Å². The van der Waals surface area contributed by atoms with Crippen LogP contribution < -0.4 is 15.2 Å². The van der Waals surface area contributed by atoms with Gasteiger partial charge in [0.25, 0.3) is 0 Å². The fourth-order valence-corrected chi connectivity index (χ4v) is 4.06. The number of methoxy groups -OCH3 is 2. The molecule has 1 aliphatic heterocycles. The van der Waals surface area contributed by atoms with Crippen LogP contribution in [0.5, 0.6) is 11.5 Å². The summed E-state index contributed by atoms with van der Waals surface area (Å²) in [5.41, 5.74) is 5.99. The van der Waals surface area contributed by atoms with Crippen LogP contribution in [-0.2, 0) is 16.1 Å². The molecular formula is C19H25N2O4. The second-order valence-corrected chi connectivity index (χ2v) is 6.90. The number of benzene rings is 1. The number of amides is 2. The minimum atomic E-state index is -0.564. The second-order valence-electron chi connectivity index (χ2n) is 6.90. The van der Waals surface area contributed by atoms with Gasteiger partial charge in [-0.1, -0.05) is 12.8 Å². The van der Waals surface area contributed by atoms with E-state index in [1.165, 1.54) is 0 Å². The predicted octanol–water partition coefficient (Wildman–Crippen LogP) is 2.05. The number of nitrogens with zero attached hydrogens (tertiary/aromatic N) is 1. The van der Waals surface area contributed by atoms with E-state index >= 15 is 0 Å². The third-order valence-electron chi connectivity index (χ3n) is 5.44. The number of hydrogen-bond acceptors (Lipinski definition) is 4. The SMILES string of the molecule is COc1ccc(CN2C(=O)C3(C[CH]CCC3)CC2C(N)=O)c(OC)c1. The zero-order chi connectivity index (χ0) is 18.0. The van der Waals surface area contributed by atoms with Crippen LogP contribution in [0.1, 0.15) is 37.7 Å². The summed E-state index contributed by atoms with van der Waals surface area (Å²) in [6.45, 7) is 0.307. The maximum atomic E-state index is 13.2. The first-order valence-electron chi connectivity index (χ1n) is 8.64. The summed E-state index contributed by atoms with van der Waals surface area (Å²) in [6, 6.07) is 4.90. The molecule has 1 saturated carbocycles. The van der Waals surface area contributed by atoms with Gasteiger partial charge in [0.05, 0.1) is 26.2 Å². The van der Waals surface area contributed by atoms with Crippen LogP contribution in [-0.4, -0.2) is 37.0 Å². The minimum absolute atomic E-state index is 0.0325. The fourth-order valence-electron chi connectivity index (χ4n) is 4.06. The summed E-state index contributed by atoms with van der Waals surface area (Å²) in [6.07, 6.45) is 6.24. The Hall–Kier alpha value is -2.24. The van der Waals surface area contributed by atoms with Gasteiger partial charge in [-0.3, -0.25) is 9.59 Å². The van der Waals surface area contributed by atoms with Crippen molar-refractivity contribution >= 4 is 11.8 Å². The van der Waals surface area contributed by atoms with E-state index in [9.17, 15) is 9.59 Å². The van der Waals surface area contributed by atoms with E-state index in [0.29, 0.717) is 24.5 Å². The molecule has 135 valence electrons. The monoisotopic (exact) mass is 345 g/mol. The molecule has 2 amide bonds. The molecule has 1 aromatic rings. The van der Waals surface area contributed by atoms with Gasteiger partial charge in [-0.2, -0.15) is 0 Å². The Kier molecular flexibility index (Phi) is 4.88. The summed E-state index contributed by atoms with van der Waals surface area (Å²) < 4.78 is 10.6. The van der Waals surface area contributed by atoms with Crippen LogP contribution in [0.15, 0.2) is 18.2 Å². The quantitative estimate of drug-likeness (QED) is 0.885. The zero-order valence-electron chi connectivity index (χ0n) is 14.8. The highest BCUT2D eigenvalue weighted by molar-refractivity contribution is 5.93. The molecule has 1 saturated heterocycles. The number of ether oxygens (including phenoxy) is 2. The Labute approximate surface area is 148 Å². The largest absolute Gasteiger partial charge is 0.497 e. The number of carbonyl (C=O) groups is 2. The Balaban J connectivity index is 1.89. The molecule has 0 aromatic heterocycles. The Bertz CT molecular complexity index is 667. The van der Waals surface area contributed by atoms with Crippen molar-refractivity contribution in [3.63, 3.8) is 0 Å². The summed E-state index contributed by atoms with van der Waals surface area (Å²) in [5.74, 6) is 0.901. The van der Waals surface area contributed by atoms with E-state index < -0.39 is 17.4 Å². The van der Waals surface area contributed by atoms with E-state index in [4.69, 9.17) is 15.2 Å². The summed E-state index contributed by atoms with van der Waals surface area (Å²) >= 11 is 0. The number of nitrogens with two attached hydrogens (primary N) is 1. The van der Waals surface area contributed by atoms with Crippen molar-refractivity contribution in [1.29, 1.82) is 0 Å². The lowest BCUT2D eigenvalue weighted by atomic mass is 9.72. The number of primary amides is 1. The van der Waals surface area contributed by atoms with Crippen molar-refractivity contribution in [2.75, 3.05) is 14.2 Å². The number of hydrogen-bond donors (Lipinski definition) is 1. The molecule has 1 radical (unpaired) electrons. The molecule has 2 aliphatic rings. The summed E-state index contributed by atoms with van der Waals surface area (Å²) in [4.78, 5) is 26.8. The van der Waals surface area contributed by atoms with E-state index in [1.54, 1.807) is 25.2 Å². The van der Waals surface area contributed by atoms with Gasteiger partial charge < -0.3 is 20.1 Å². The molecule has 1 aromatic carbocycles. The average Bonchev–Trinajstić information content (AvgIpc) is 2.89. The predicted molar refractivity (Wildman–Crippen MR) is 92.9 cm³/mol. The molecule has 6 nitrogen and oxygen atoms in total. The van der Waals surface area contributed by atoms with Crippen LogP contribution in [0.3, 0.4) is 0 Å². The van der Waals surface area contributed by atoms with Gasteiger partial charge >= 0.3 is 0 Å². The molecule has 2 fully saturated rings. The topological polar surface area (TPSA) is 81.9 Å². The molecule has 25 heavy (non-hydrogen) atoms. The van der Waals surface area contributed by atoms with Gasteiger partial charge in [-0.25, -0.2) is 0 Å². The molecule has 2 atom stereocenters. The van der Waals surface area contributed by atoms with Crippen LogP contribution in [0.2, 0.25) is 0 Å². The lowest BCUT2D eigenvalue weighted by molar-refractivity contribution is -0.140. The van der Waals surface area contributed by atoms with Crippen LogP contribution in [0, 0.1) is 11.8 Å². The summed E-state index contributed by atoms with van der Waals surface area (Å²) in [5, 5.41) is 0. The standard InChI is InChI=1S/C19H25N2O4/c1-24-14-7-6-13(16(10-14)25-2)12-21-15(17(20)22)11-19(18(21)23)8-4-3-5-9-19/h4,6-7,10,15H,3,5,8-9,11-12H2,1-2H3,(H2,20,22). The third-order valence-corrected chi connectivity index (χ3v) is 5.44. The number of rotatable bonds is 5. The second kappa shape index (κ2) is 6.94. The maximum Gasteiger partial charge on any atom is 0.240 e. The number of likely N-dealkylation sites (tertiary alicyclic amines) is 1. The normalized spacial score (nSPS) is 22.2. The summed E-state index contributed by atoms with van der Waals surface area (Å²) in [7, 11) is 3.16. The Morgan fingerprint density at radius 2 is 2.16 bits per heavy atom. The van der Waals surface area contributed by atoms with Gasteiger partial charge in [0.15, 0.2) is 0 Å². The first kappa shape index (κ1) is 17.6. The maximum absolute atomic E-state index is 13.2. The smallest absolute Gasteiger partial charge is 0.240 e. The van der Waals surface area contributed by atoms with Gasteiger partial charge in [0, 0.05) is 11.6 Å². The molecule has 1 aliphatic carbocycles. The third kappa shape index (κ3) is 3.17. The van der Waals surface area contributed by atoms with E-state index in [2.05, 4.69) is 6.42 Å². The van der Waals surface area contributed by atoms with Crippen LogP contribution in [0.4, 0.5) is 0 Å². The molecule has 2 unspecified atom stereocenters. The fraction of sp³-hybridized carbons (Fsp3) is 0.526. The molecule has 1 heterocycles. The molecule has 6 heteroatoms. The number of carbonyl (C=O) groups excluding carboxylic acids is 2.